The van der Waals surface area contributed by atoms with Gasteiger partial charge in [-0.1, -0.05) is 11.6 Å². The highest BCUT2D eigenvalue weighted by Gasteiger charge is 2.36. The molecule has 2 heterocycles. The van der Waals surface area contributed by atoms with Crippen molar-refractivity contribution in [3.05, 3.63) is 20.9 Å². The van der Waals surface area contributed by atoms with Gasteiger partial charge < -0.3 is 15.0 Å². The van der Waals surface area contributed by atoms with Crippen LogP contribution in [0, 0.1) is 12.8 Å². The number of halogens is 3. The van der Waals surface area contributed by atoms with Gasteiger partial charge in [-0.05, 0) is 54.6 Å². The van der Waals surface area contributed by atoms with E-state index in [9.17, 15) is 4.79 Å². The molecule has 1 saturated carbocycles. The predicted octanol–water partition coefficient (Wildman–Crippen LogP) is 3.49. The lowest BCUT2D eigenvalue weighted by Crippen LogP contribution is -2.53. The fourth-order valence-corrected chi connectivity index (χ4v) is 3.78. The molecule has 0 spiro atoms. The highest BCUT2D eigenvalue weighted by molar-refractivity contribution is 9.10. The van der Waals surface area contributed by atoms with Crippen molar-refractivity contribution in [2.75, 3.05) is 19.7 Å². The van der Waals surface area contributed by atoms with Crippen LogP contribution in [0.1, 0.15) is 35.4 Å². The largest absolute Gasteiger partial charge is 0.374 e. The Labute approximate surface area is 154 Å². The van der Waals surface area contributed by atoms with Crippen molar-refractivity contribution < 1.29 is 9.53 Å². The third-order valence-electron chi connectivity index (χ3n) is 4.39. The number of rotatable bonds is 5. The predicted molar refractivity (Wildman–Crippen MR) is 94.0 cm³/mol. The van der Waals surface area contributed by atoms with Crippen molar-refractivity contribution in [1.29, 1.82) is 0 Å². The monoisotopic (exact) mass is 423 g/mol. The van der Waals surface area contributed by atoms with Crippen LogP contribution in [-0.4, -0.2) is 47.2 Å². The molecule has 128 valence electrons. The second-order valence-corrected chi connectivity index (χ2v) is 7.78. The van der Waals surface area contributed by atoms with Crippen LogP contribution < -0.4 is 5.32 Å². The van der Waals surface area contributed by atoms with Crippen molar-refractivity contribution in [3.63, 3.8) is 0 Å². The van der Waals surface area contributed by atoms with E-state index in [-0.39, 0.29) is 18.1 Å². The smallest absolute Gasteiger partial charge is 0.286 e. The topological polar surface area (TPSA) is 57.4 Å². The van der Waals surface area contributed by atoms with Crippen LogP contribution in [0.25, 0.3) is 0 Å². The van der Waals surface area contributed by atoms with Crippen LogP contribution in [0.2, 0.25) is 5.02 Å². The van der Waals surface area contributed by atoms with Gasteiger partial charge in [0.15, 0.2) is 0 Å². The number of amides is 1. The summed E-state index contributed by atoms with van der Waals surface area (Å²) in [4.78, 5) is 15.7. The van der Waals surface area contributed by atoms with Gasteiger partial charge in [0.05, 0.1) is 21.6 Å². The van der Waals surface area contributed by atoms with Gasteiger partial charge in [-0.3, -0.25) is 4.79 Å². The van der Waals surface area contributed by atoms with Crippen LogP contribution in [-0.2, 0) is 4.74 Å². The summed E-state index contributed by atoms with van der Waals surface area (Å²) in [6.45, 7) is 4.09. The van der Waals surface area contributed by atoms with Gasteiger partial charge in [0.2, 0.25) is 0 Å². The second-order valence-electron chi connectivity index (χ2n) is 6.24. The lowest BCUT2D eigenvalue weighted by molar-refractivity contribution is -0.00907. The Kier molecular flexibility index (Phi) is 5.58. The zero-order valence-electron chi connectivity index (χ0n) is 12.9. The highest BCUT2D eigenvalue weighted by atomic mass is 79.9. The first-order valence-corrected chi connectivity index (χ1v) is 9.35. The summed E-state index contributed by atoms with van der Waals surface area (Å²) in [5, 5.41) is 3.81. The SMILES string of the molecule is Cc1[nH]c(C(=O)N(Cl)[C@@H]2CCNC[C@@H]2OCC2CC2)c(Br)c1Cl. The maximum absolute atomic E-state index is 12.7. The number of nitrogens with zero attached hydrogens (tertiary/aromatic N) is 1. The lowest BCUT2D eigenvalue weighted by Gasteiger charge is -2.36. The van der Waals surface area contributed by atoms with Gasteiger partial charge >= 0.3 is 0 Å². The molecule has 0 unspecified atom stereocenters. The molecule has 2 fully saturated rings. The Morgan fingerprint density at radius 3 is 2.78 bits per heavy atom. The van der Waals surface area contributed by atoms with E-state index in [1.165, 1.54) is 17.3 Å². The average Bonchev–Trinajstić information content (AvgIpc) is 3.35. The maximum Gasteiger partial charge on any atom is 0.286 e. The van der Waals surface area contributed by atoms with Crippen molar-refractivity contribution in [2.45, 2.75) is 38.3 Å². The first-order valence-electron chi connectivity index (χ1n) is 7.84. The minimum absolute atomic E-state index is 0.0869. The molecule has 2 N–H and O–H groups in total. The number of hydrogen-bond donors (Lipinski definition) is 2. The Hall–Kier alpha value is -0.270. The molecule has 1 saturated heterocycles. The minimum Gasteiger partial charge on any atom is -0.374 e. The number of H-pyrrole nitrogens is 1. The van der Waals surface area contributed by atoms with E-state index in [1.54, 1.807) is 0 Å². The standard InChI is InChI=1S/C15H20BrCl2N3O2/c1-8-13(17)12(16)14(20-8)15(22)21(18)10-4-5-19-6-11(10)23-7-9-2-3-9/h9-11,19-20H,2-7H2,1H3/t10-,11+/m1/s1. The fraction of sp³-hybridized carbons (Fsp3) is 0.667. The fourth-order valence-electron chi connectivity index (χ4n) is 2.77. The van der Waals surface area contributed by atoms with Crippen molar-refractivity contribution in [1.82, 2.24) is 14.7 Å². The number of nitrogens with one attached hydrogen (secondary N) is 2. The van der Waals surface area contributed by atoms with E-state index in [0.717, 1.165) is 25.3 Å². The average molecular weight is 425 g/mol. The van der Waals surface area contributed by atoms with Crippen molar-refractivity contribution in [2.24, 2.45) is 5.92 Å². The molecule has 3 rings (SSSR count). The van der Waals surface area contributed by atoms with E-state index in [0.29, 0.717) is 27.7 Å². The molecule has 0 radical (unpaired) electrons. The molecule has 5 nitrogen and oxygen atoms in total. The molecular formula is C15H20BrCl2N3O2. The van der Waals surface area contributed by atoms with E-state index in [2.05, 4.69) is 26.2 Å². The number of piperidine rings is 1. The number of aromatic amines is 1. The lowest BCUT2D eigenvalue weighted by atomic mass is 10.0. The molecule has 2 atom stereocenters. The van der Waals surface area contributed by atoms with Gasteiger partial charge in [-0.2, -0.15) is 0 Å². The summed E-state index contributed by atoms with van der Waals surface area (Å²) in [6, 6.07) is -0.154. The molecular weight excluding hydrogens is 405 g/mol. The minimum atomic E-state index is -0.291. The number of aryl methyl sites for hydroxylation is 1. The highest BCUT2D eigenvalue weighted by Crippen LogP contribution is 2.33. The molecule has 2 aliphatic rings. The maximum atomic E-state index is 12.7. The molecule has 1 amide bonds. The second kappa shape index (κ2) is 7.31. The number of hydrogen-bond acceptors (Lipinski definition) is 3. The summed E-state index contributed by atoms with van der Waals surface area (Å²) in [5.74, 6) is 0.386. The summed E-state index contributed by atoms with van der Waals surface area (Å²) in [6.07, 6.45) is 3.15. The molecule has 1 aliphatic carbocycles. The Morgan fingerprint density at radius 2 is 2.17 bits per heavy atom. The third-order valence-corrected chi connectivity index (χ3v) is 6.29. The van der Waals surface area contributed by atoms with Crippen LogP contribution in [0.5, 0.6) is 0 Å². The Bertz CT molecular complexity index is 592. The van der Waals surface area contributed by atoms with Crippen LogP contribution in [0.15, 0.2) is 4.47 Å². The summed E-state index contributed by atoms with van der Waals surface area (Å²) in [7, 11) is 0. The molecule has 8 heteroatoms. The van der Waals surface area contributed by atoms with Gasteiger partial charge in [0.1, 0.15) is 5.69 Å². The molecule has 0 aromatic carbocycles. The van der Waals surface area contributed by atoms with E-state index < -0.39 is 0 Å². The van der Waals surface area contributed by atoms with Gasteiger partial charge in [-0.15, -0.1) is 0 Å². The van der Waals surface area contributed by atoms with Crippen molar-refractivity contribution >= 4 is 45.2 Å². The Morgan fingerprint density at radius 1 is 1.43 bits per heavy atom. The molecule has 1 aliphatic heterocycles. The van der Waals surface area contributed by atoms with Crippen molar-refractivity contribution in [3.8, 4) is 0 Å². The number of carbonyl (C=O) groups is 1. The zero-order chi connectivity index (χ0) is 16.6. The Balaban J connectivity index is 1.71. The summed E-state index contributed by atoms with van der Waals surface area (Å²) >= 11 is 15.9. The van der Waals surface area contributed by atoms with Crippen LogP contribution in [0.4, 0.5) is 0 Å². The normalized spacial score (nSPS) is 24.7. The number of carbonyl (C=O) groups excluding carboxylic acids is 1. The van der Waals surface area contributed by atoms with Crippen LogP contribution in [0.3, 0.4) is 0 Å². The number of ether oxygens (including phenoxy) is 1. The van der Waals surface area contributed by atoms with E-state index in [1.807, 2.05) is 6.92 Å². The summed E-state index contributed by atoms with van der Waals surface area (Å²) in [5.41, 5.74) is 1.11. The number of aromatic nitrogens is 1. The molecule has 1 aromatic heterocycles. The van der Waals surface area contributed by atoms with Gasteiger partial charge in [0.25, 0.3) is 5.91 Å². The molecule has 23 heavy (non-hydrogen) atoms. The zero-order valence-corrected chi connectivity index (χ0v) is 16.0. The van der Waals surface area contributed by atoms with Gasteiger partial charge in [0, 0.05) is 30.6 Å². The van der Waals surface area contributed by atoms with E-state index >= 15 is 0 Å². The molecule has 1 aromatic rings. The van der Waals surface area contributed by atoms with E-state index in [4.69, 9.17) is 28.1 Å². The quantitative estimate of drug-likeness (QED) is 0.711. The molecule has 0 bridgehead atoms. The van der Waals surface area contributed by atoms with Gasteiger partial charge in [-0.25, -0.2) is 4.42 Å². The third kappa shape index (κ3) is 3.87. The first-order chi connectivity index (χ1) is 11.0. The van der Waals surface area contributed by atoms with Crippen LogP contribution >= 0.6 is 39.3 Å². The first kappa shape index (κ1) is 17.5. The summed E-state index contributed by atoms with van der Waals surface area (Å²) < 4.78 is 7.82.